The number of carbonyl (C=O) groups excluding carboxylic acids is 2. The number of amides is 2. The molecule has 1 unspecified atom stereocenters. The topological polar surface area (TPSA) is 82.1 Å². The molecule has 1 aliphatic heterocycles. The number of ether oxygens (including phenoxy) is 1. The number of anilines is 3. The van der Waals surface area contributed by atoms with Crippen LogP contribution in [0.5, 0.6) is 5.75 Å². The molecule has 0 radical (unpaired) electrons. The highest BCUT2D eigenvalue weighted by Gasteiger charge is 2.30. The van der Waals surface area contributed by atoms with Gasteiger partial charge >= 0.3 is 0 Å². The quantitative estimate of drug-likeness (QED) is 0.552. The third-order valence-electron chi connectivity index (χ3n) is 5.20. The van der Waals surface area contributed by atoms with E-state index < -0.39 is 6.10 Å². The predicted molar refractivity (Wildman–Crippen MR) is 128 cm³/mol. The molecule has 7 nitrogen and oxygen atoms in total. The van der Waals surface area contributed by atoms with Crippen molar-refractivity contribution in [2.45, 2.75) is 6.10 Å². The Balaban J connectivity index is 1.50. The second-order valence-electron chi connectivity index (χ2n) is 7.84. The fourth-order valence-electron chi connectivity index (χ4n) is 3.74. The first kappa shape index (κ1) is 22.8. The molecular weight excluding hydrogens is 442 g/mol. The molecule has 1 heterocycles. The average molecular weight is 466 g/mol. The van der Waals surface area contributed by atoms with E-state index in [9.17, 15) is 14.7 Å². The normalized spacial score (nSPS) is 13.6. The Kier molecular flexibility index (Phi) is 6.93. The van der Waals surface area contributed by atoms with Crippen molar-refractivity contribution in [2.24, 2.45) is 0 Å². The van der Waals surface area contributed by atoms with Gasteiger partial charge in [0.1, 0.15) is 18.5 Å². The third-order valence-corrected chi connectivity index (χ3v) is 5.43. The van der Waals surface area contributed by atoms with Crippen molar-refractivity contribution in [1.82, 2.24) is 4.90 Å². The van der Waals surface area contributed by atoms with Gasteiger partial charge in [-0.2, -0.15) is 0 Å². The Hall–Kier alpha value is -3.39. The molecule has 0 bridgehead atoms. The van der Waals surface area contributed by atoms with Gasteiger partial charge in [0, 0.05) is 11.6 Å². The van der Waals surface area contributed by atoms with E-state index in [2.05, 4.69) is 5.32 Å². The number of benzene rings is 3. The first-order valence-electron chi connectivity index (χ1n) is 10.5. The minimum Gasteiger partial charge on any atom is -0.491 e. The number of rotatable bonds is 7. The van der Waals surface area contributed by atoms with E-state index in [1.54, 1.807) is 54.4 Å². The van der Waals surface area contributed by atoms with E-state index >= 15 is 0 Å². The maximum absolute atomic E-state index is 13.4. The molecule has 0 saturated heterocycles. The molecule has 0 spiro atoms. The highest BCUT2D eigenvalue weighted by Crippen LogP contribution is 2.39. The molecule has 0 saturated carbocycles. The van der Waals surface area contributed by atoms with Crippen molar-refractivity contribution in [3.63, 3.8) is 0 Å². The lowest BCUT2D eigenvalue weighted by Crippen LogP contribution is -2.40. The molecule has 1 atom stereocenters. The van der Waals surface area contributed by atoms with Crippen LogP contribution < -0.4 is 15.0 Å². The van der Waals surface area contributed by atoms with E-state index in [1.165, 1.54) is 4.90 Å². The second-order valence-corrected chi connectivity index (χ2v) is 8.27. The number of hydrogen-bond acceptors (Lipinski definition) is 5. The zero-order valence-corrected chi connectivity index (χ0v) is 18.8. The van der Waals surface area contributed by atoms with Crippen molar-refractivity contribution >= 4 is 40.5 Å². The van der Waals surface area contributed by atoms with Crippen molar-refractivity contribution in [1.29, 1.82) is 0 Å². The van der Waals surface area contributed by atoms with Crippen LogP contribution in [-0.2, 0) is 4.79 Å². The van der Waals surface area contributed by atoms with Crippen LogP contribution in [0.3, 0.4) is 0 Å². The molecule has 3 aromatic carbocycles. The van der Waals surface area contributed by atoms with Crippen LogP contribution in [0.15, 0.2) is 72.8 Å². The number of fused-ring (bicyclic) bond motifs is 2. The van der Waals surface area contributed by atoms with Crippen molar-refractivity contribution in [2.75, 3.05) is 37.0 Å². The number of hydrogen-bond donors (Lipinski definition) is 2. The van der Waals surface area contributed by atoms with Gasteiger partial charge in [-0.3, -0.25) is 19.4 Å². The first-order valence-corrected chi connectivity index (χ1v) is 10.9. The number of para-hydroxylation sites is 2. The highest BCUT2D eigenvalue weighted by atomic mass is 35.5. The van der Waals surface area contributed by atoms with Gasteiger partial charge in [0.25, 0.3) is 5.91 Å². The van der Waals surface area contributed by atoms with Gasteiger partial charge in [-0.05, 0) is 49.5 Å². The first-order chi connectivity index (χ1) is 15.9. The summed E-state index contributed by atoms with van der Waals surface area (Å²) < 4.78 is 5.59. The lowest BCUT2D eigenvalue weighted by atomic mass is 10.1. The van der Waals surface area contributed by atoms with E-state index in [1.807, 2.05) is 30.3 Å². The van der Waals surface area contributed by atoms with Gasteiger partial charge in [-0.25, -0.2) is 0 Å². The number of aliphatic hydroxyl groups excluding tert-OH is 1. The van der Waals surface area contributed by atoms with Gasteiger partial charge in [0.15, 0.2) is 0 Å². The summed E-state index contributed by atoms with van der Waals surface area (Å²) in [6, 6.07) is 21.2. The van der Waals surface area contributed by atoms with E-state index in [0.29, 0.717) is 33.4 Å². The Bertz CT molecular complexity index is 1160. The van der Waals surface area contributed by atoms with Gasteiger partial charge in [-0.15, -0.1) is 0 Å². The molecule has 8 heteroatoms. The summed E-state index contributed by atoms with van der Waals surface area (Å²) in [4.78, 5) is 29.4. The highest BCUT2D eigenvalue weighted by molar-refractivity contribution is 6.31. The van der Waals surface area contributed by atoms with E-state index in [-0.39, 0.29) is 31.5 Å². The van der Waals surface area contributed by atoms with E-state index in [0.717, 1.165) is 0 Å². The van der Waals surface area contributed by atoms with Gasteiger partial charge in [0.05, 0.1) is 29.2 Å². The molecule has 0 fully saturated rings. The van der Waals surface area contributed by atoms with Crippen LogP contribution in [-0.4, -0.2) is 54.7 Å². The summed E-state index contributed by atoms with van der Waals surface area (Å²) in [5, 5.41) is 13.7. The van der Waals surface area contributed by atoms with Crippen LogP contribution in [0, 0.1) is 0 Å². The summed E-state index contributed by atoms with van der Waals surface area (Å²) in [5.41, 5.74) is 1.86. The fourth-order valence-corrected chi connectivity index (χ4v) is 3.91. The molecule has 0 aliphatic carbocycles. The minimum absolute atomic E-state index is 0.0208. The van der Waals surface area contributed by atoms with E-state index in [4.69, 9.17) is 16.3 Å². The lowest BCUT2D eigenvalue weighted by molar-refractivity contribution is -0.119. The molecule has 33 heavy (non-hydrogen) atoms. The van der Waals surface area contributed by atoms with Gasteiger partial charge in [0.2, 0.25) is 5.91 Å². The van der Waals surface area contributed by atoms with Crippen LogP contribution in [0.4, 0.5) is 17.1 Å². The number of nitrogens with zero attached hydrogens (tertiary/aromatic N) is 2. The number of carbonyl (C=O) groups is 2. The summed E-state index contributed by atoms with van der Waals surface area (Å²) in [6.07, 6.45) is -0.784. The average Bonchev–Trinajstić information content (AvgIpc) is 2.92. The number of likely N-dealkylation sites (N-methyl/N-ethyl adjacent to an activating group) is 1. The summed E-state index contributed by atoms with van der Waals surface area (Å²) >= 11 is 6.13. The standard InChI is InChI=1S/C25H24ClN3O4/c1-28(14-18(30)16-33-19-7-3-2-4-8-19)15-24(31)29-22-10-6-5-9-20(22)25(32)27-21-13-17(26)11-12-23(21)29/h2-13,18,30H,14-16H2,1H3,(H,27,32). The Labute approximate surface area is 197 Å². The molecule has 0 aromatic heterocycles. The van der Waals surface area contributed by atoms with Gasteiger partial charge in [-0.1, -0.05) is 41.9 Å². The van der Waals surface area contributed by atoms with Crippen molar-refractivity contribution in [3.05, 3.63) is 83.4 Å². The number of nitrogens with one attached hydrogen (secondary N) is 1. The van der Waals surface area contributed by atoms with Crippen LogP contribution in [0.1, 0.15) is 10.4 Å². The van der Waals surface area contributed by atoms with Crippen LogP contribution in [0.25, 0.3) is 0 Å². The number of halogens is 1. The van der Waals surface area contributed by atoms with Crippen molar-refractivity contribution < 1.29 is 19.4 Å². The molecule has 3 aromatic rings. The lowest BCUT2D eigenvalue weighted by Gasteiger charge is -2.27. The fraction of sp³-hybridized carbons (Fsp3) is 0.200. The Morgan fingerprint density at radius 3 is 2.61 bits per heavy atom. The number of aliphatic hydroxyl groups is 1. The third kappa shape index (κ3) is 5.34. The SMILES string of the molecule is CN(CC(=O)N1c2ccc(Cl)cc2NC(=O)c2ccccc21)CC(O)COc1ccccc1. The maximum atomic E-state index is 13.4. The minimum atomic E-state index is -0.784. The second kappa shape index (κ2) is 10.0. The Morgan fingerprint density at radius 1 is 1.09 bits per heavy atom. The largest absolute Gasteiger partial charge is 0.491 e. The maximum Gasteiger partial charge on any atom is 0.257 e. The molecule has 170 valence electrons. The van der Waals surface area contributed by atoms with Gasteiger partial charge < -0.3 is 15.2 Å². The monoisotopic (exact) mass is 465 g/mol. The molecular formula is C25H24ClN3O4. The summed E-state index contributed by atoms with van der Waals surface area (Å²) in [6.45, 7) is 0.362. The van der Waals surface area contributed by atoms with Crippen LogP contribution in [0.2, 0.25) is 5.02 Å². The summed E-state index contributed by atoms with van der Waals surface area (Å²) in [5.74, 6) is 0.108. The summed E-state index contributed by atoms with van der Waals surface area (Å²) in [7, 11) is 1.75. The molecule has 4 rings (SSSR count). The van der Waals surface area contributed by atoms with Crippen molar-refractivity contribution in [3.8, 4) is 5.75 Å². The molecule has 2 amide bonds. The molecule has 2 N–H and O–H groups in total. The zero-order valence-electron chi connectivity index (χ0n) is 18.1. The Morgan fingerprint density at radius 2 is 1.82 bits per heavy atom. The molecule has 1 aliphatic rings. The zero-order chi connectivity index (χ0) is 23.4. The smallest absolute Gasteiger partial charge is 0.257 e. The predicted octanol–water partition coefficient (Wildman–Crippen LogP) is 3.94. The van der Waals surface area contributed by atoms with Crippen LogP contribution >= 0.6 is 11.6 Å².